The molecule has 4 nitrogen and oxygen atoms in total. The third-order valence-electron chi connectivity index (χ3n) is 2.45. The van der Waals surface area contributed by atoms with Gasteiger partial charge in [0.05, 0.1) is 0 Å². The van der Waals surface area contributed by atoms with Crippen LogP contribution in [0.5, 0.6) is 0 Å². The summed E-state index contributed by atoms with van der Waals surface area (Å²) in [6, 6.07) is 9.97. The van der Waals surface area contributed by atoms with Crippen molar-refractivity contribution in [1.82, 2.24) is 9.97 Å². The summed E-state index contributed by atoms with van der Waals surface area (Å²) >= 11 is 3.46. The largest absolute Gasteiger partial charge is 0.373 e. The van der Waals surface area contributed by atoms with Gasteiger partial charge in [-0.1, -0.05) is 22.0 Å². The predicted octanol–water partition coefficient (Wildman–Crippen LogP) is 3.05. The molecule has 1 heterocycles. The van der Waals surface area contributed by atoms with E-state index in [-0.39, 0.29) is 0 Å². The highest BCUT2D eigenvalue weighted by Crippen LogP contribution is 2.25. The smallest absolute Gasteiger partial charge is 0.138 e. The van der Waals surface area contributed by atoms with E-state index in [1.54, 1.807) is 6.33 Å². The summed E-state index contributed by atoms with van der Waals surface area (Å²) in [6.45, 7) is 0. The van der Waals surface area contributed by atoms with Crippen molar-refractivity contribution in [2.75, 3.05) is 24.3 Å². The van der Waals surface area contributed by atoms with Gasteiger partial charge in [0.15, 0.2) is 0 Å². The molecular formula is C12H13BrN4. The molecule has 0 fully saturated rings. The van der Waals surface area contributed by atoms with Gasteiger partial charge in [0.2, 0.25) is 0 Å². The van der Waals surface area contributed by atoms with Crippen LogP contribution in [0.15, 0.2) is 41.1 Å². The number of hydrogen-bond donors (Lipinski definition) is 1. The Morgan fingerprint density at radius 3 is 2.76 bits per heavy atom. The molecular weight excluding hydrogens is 280 g/mol. The Hall–Kier alpha value is -1.62. The summed E-state index contributed by atoms with van der Waals surface area (Å²) in [5.41, 5.74) is 1.07. The minimum Gasteiger partial charge on any atom is -0.373 e. The fraction of sp³-hybridized carbons (Fsp3) is 0.167. The van der Waals surface area contributed by atoms with Crippen molar-refractivity contribution in [3.8, 4) is 0 Å². The summed E-state index contributed by atoms with van der Waals surface area (Å²) in [5, 5.41) is 3.00. The van der Waals surface area contributed by atoms with Gasteiger partial charge in [-0.2, -0.15) is 0 Å². The molecule has 1 aromatic carbocycles. The minimum atomic E-state index is 0.803. The molecule has 0 amide bonds. The fourth-order valence-corrected chi connectivity index (χ4v) is 1.87. The van der Waals surface area contributed by atoms with E-state index in [9.17, 15) is 0 Å². The first-order chi connectivity index (χ1) is 8.20. The van der Waals surface area contributed by atoms with E-state index in [2.05, 4.69) is 31.2 Å². The molecule has 0 aliphatic heterocycles. The lowest BCUT2D eigenvalue weighted by Crippen LogP contribution is -2.11. The van der Waals surface area contributed by atoms with Crippen LogP contribution in [0.1, 0.15) is 0 Å². The molecule has 0 atom stereocenters. The Balaban J connectivity index is 2.33. The van der Waals surface area contributed by atoms with E-state index in [1.807, 2.05) is 49.3 Å². The van der Waals surface area contributed by atoms with Crippen molar-refractivity contribution >= 4 is 33.3 Å². The lowest BCUT2D eigenvalue weighted by Gasteiger charge is -2.18. The molecule has 0 aliphatic rings. The van der Waals surface area contributed by atoms with Gasteiger partial charge in [-0.15, -0.1) is 0 Å². The van der Waals surface area contributed by atoms with Crippen molar-refractivity contribution in [2.24, 2.45) is 0 Å². The monoisotopic (exact) mass is 292 g/mol. The van der Waals surface area contributed by atoms with Gasteiger partial charge >= 0.3 is 0 Å². The Kier molecular flexibility index (Phi) is 3.58. The van der Waals surface area contributed by atoms with Gasteiger partial charge in [-0.3, -0.25) is 0 Å². The zero-order chi connectivity index (χ0) is 12.3. The Morgan fingerprint density at radius 2 is 2.06 bits per heavy atom. The van der Waals surface area contributed by atoms with E-state index in [0.29, 0.717) is 0 Å². The molecule has 1 aromatic heterocycles. The molecule has 0 bridgehead atoms. The van der Waals surface area contributed by atoms with Crippen LogP contribution in [0.25, 0.3) is 0 Å². The molecule has 17 heavy (non-hydrogen) atoms. The Labute approximate surface area is 109 Å². The highest BCUT2D eigenvalue weighted by molar-refractivity contribution is 9.10. The number of nitrogens with zero attached hydrogens (tertiary/aromatic N) is 3. The van der Waals surface area contributed by atoms with Crippen LogP contribution in [0, 0.1) is 0 Å². The highest BCUT2D eigenvalue weighted by atomic mass is 79.9. The van der Waals surface area contributed by atoms with Crippen LogP contribution in [0.2, 0.25) is 0 Å². The summed E-state index contributed by atoms with van der Waals surface area (Å²) in [4.78, 5) is 10.4. The van der Waals surface area contributed by atoms with Gasteiger partial charge in [0.1, 0.15) is 18.0 Å². The SMILES string of the molecule is CNc1cc(N(C)c2cccc(Br)c2)ncn1. The van der Waals surface area contributed by atoms with Gasteiger partial charge in [0, 0.05) is 30.3 Å². The number of rotatable bonds is 3. The van der Waals surface area contributed by atoms with Gasteiger partial charge in [-0.05, 0) is 18.2 Å². The van der Waals surface area contributed by atoms with E-state index in [0.717, 1.165) is 21.8 Å². The molecule has 5 heteroatoms. The van der Waals surface area contributed by atoms with E-state index in [1.165, 1.54) is 0 Å². The van der Waals surface area contributed by atoms with E-state index >= 15 is 0 Å². The third kappa shape index (κ3) is 2.74. The molecule has 0 aliphatic carbocycles. The number of nitrogens with one attached hydrogen (secondary N) is 1. The van der Waals surface area contributed by atoms with Gasteiger partial charge < -0.3 is 10.2 Å². The van der Waals surface area contributed by atoms with Crippen molar-refractivity contribution in [3.63, 3.8) is 0 Å². The second-order valence-corrected chi connectivity index (χ2v) is 4.47. The second kappa shape index (κ2) is 5.14. The molecule has 0 radical (unpaired) electrons. The summed E-state index contributed by atoms with van der Waals surface area (Å²) in [5.74, 6) is 1.65. The zero-order valence-electron chi connectivity index (χ0n) is 9.68. The van der Waals surface area contributed by atoms with Crippen LogP contribution in [0.3, 0.4) is 0 Å². The Morgan fingerprint density at radius 1 is 1.24 bits per heavy atom. The van der Waals surface area contributed by atoms with Gasteiger partial charge in [-0.25, -0.2) is 9.97 Å². The molecule has 0 saturated carbocycles. The maximum atomic E-state index is 4.25. The molecule has 1 N–H and O–H groups in total. The quantitative estimate of drug-likeness (QED) is 0.944. The first kappa shape index (κ1) is 11.9. The predicted molar refractivity (Wildman–Crippen MR) is 73.8 cm³/mol. The normalized spacial score (nSPS) is 10.1. The fourth-order valence-electron chi connectivity index (χ4n) is 1.48. The summed E-state index contributed by atoms with van der Waals surface area (Å²) in [7, 11) is 3.81. The molecule has 0 unspecified atom stereocenters. The van der Waals surface area contributed by atoms with Crippen molar-refractivity contribution in [3.05, 3.63) is 41.1 Å². The van der Waals surface area contributed by atoms with Crippen molar-refractivity contribution in [1.29, 1.82) is 0 Å². The van der Waals surface area contributed by atoms with Crippen LogP contribution >= 0.6 is 15.9 Å². The summed E-state index contributed by atoms with van der Waals surface area (Å²) < 4.78 is 1.05. The van der Waals surface area contributed by atoms with Crippen LogP contribution in [-0.2, 0) is 0 Å². The maximum absolute atomic E-state index is 4.25. The maximum Gasteiger partial charge on any atom is 0.138 e. The minimum absolute atomic E-state index is 0.803. The third-order valence-corrected chi connectivity index (χ3v) is 2.94. The molecule has 88 valence electrons. The molecule has 2 aromatic rings. The van der Waals surface area contributed by atoms with Crippen molar-refractivity contribution in [2.45, 2.75) is 0 Å². The lowest BCUT2D eigenvalue weighted by molar-refractivity contribution is 1.08. The average Bonchev–Trinajstić information content (AvgIpc) is 2.38. The Bertz CT molecular complexity index is 515. The van der Waals surface area contributed by atoms with E-state index in [4.69, 9.17) is 0 Å². The average molecular weight is 293 g/mol. The zero-order valence-corrected chi connectivity index (χ0v) is 11.3. The van der Waals surface area contributed by atoms with Gasteiger partial charge in [0.25, 0.3) is 0 Å². The number of aromatic nitrogens is 2. The van der Waals surface area contributed by atoms with Crippen LogP contribution in [-0.4, -0.2) is 24.1 Å². The van der Waals surface area contributed by atoms with Crippen LogP contribution < -0.4 is 10.2 Å². The van der Waals surface area contributed by atoms with Crippen LogP contribution in [0.4, 0.5) is 17.3 Å². The molecule has 0 spiro atoms. The number of benzene rings is 1. The number of anilines is 3. The number of hydrogen-bond acceptors (Lipinski definition) is 4. The molecule has 2 rings (SSSR count). The lowest BCUT2D eigenvalue weighted by atomic mass is 10.3. The number of halogens is 1. The van der Waals surface area contributed by atoms with E-state index < -0.39 is 0 Å². The first-order valence-corrected chi connectivity index (χ1v) is 5.99. The second-order valence-electron chi connectivity index (χ2n) is 3.55. The highest BCUT2D eigenvalue weighted by Gasteiger charge is 2.06. The van der Waals surface area contributed by atoms with Crippen molar-refractivity contribution < 1.29 is 0 Å². The molecule has 0 saturated heterocycles. The standard InChI is InChI=1S/C12H13BrN4/c1-14-11-7-12(16-8-15-11)17(2)10-5-3-4-9(13)6-10/h3-8H,1-2H3,(H,14,15,16). The topological polar surface area (TPSA) is 41.0 Å². The first-order valence-electron chi connectivity index (χ1n) is 5.20. The summed E-state index contributed by atoms with van der Waals surface area (Å²) in [6.07, 6.45) is 1.55.